The molecular weight excluding hydrogens is 238 g/mol. The molecule has 0 aliphatic rings. The lowest BCUT2D eigenvalue weighted by Crippen LogP contribution is -2.37. The van der Waals surface area contributed by atoms with Gasteiger partial charge in [0.15, 0.2) is 0 Å². The van der Waals surface area contributed by atoms with Gasteiger partial charge in [0.25, 0.3) is 0 Å². The molecule has 0 aromatic carbocycles. The van der Waals surface area contributed by atoms with Crippen molar-refractivity contribution in [1.82, 2.24) is 10.3 Å². The maximum Gasteiger partial charge on any atom is 0.236 e. The monoisotopic (exact) mass is 251 g/mol. The maximum atomic E-state index is 11.3. The van der Waals surface area contributed by atoms with Crippen LogP contribution in [0.5, 0.6) is 0 Å². The molecule has 0 unspecified atom stereocenters. The maximum absolute atomic E-state index is 11.3. The number of thiophene rings is 1. The second-order valence-electron chi connectivity index (χ2n) is 3.63. The number of oxazole rings is 1. The molecule has 2 aromatic rings. The van der Waals surface area contributed by atoms with Crippen LogP contribution in [0.1, 0.15) is 12.6 Å². The van der Waals surface area contributed by atoms with Gasteiger partial charge in [-0.1, -0.05) is 6.07 Å². The van der Waals surface area contributed by atoms with Gasteiger partial charge >= 0.3 is 0 Å². The summed E-state index contributed by atoms with van der Waals surface area (Å²) in [5.41, 5.74) is 6.11. The van der Waals surface area contributed by atoms with Crippen molar-refractivity contribution in [3.63, 3.8) is 0 Å². The van der Waals surface area contributed by atoms with E-state index < -0.39 is 6.04 Å². The third-order valence-electron chi connectivity index (χ3n) is 2.14. The Balaban J connectivity index is 1.97. The van der Waals surface area contributed by atoms with Crippen LogP contribution in [0.4, 0.5) is 0 Å². The van der Waals surface area contributed by atoms with Gasteiger partial charge in [-0.05, 0) is 18.4 Å². The largest absolute Gasteiger partial charge is 0.443 e. The minimum Gasteiger partial charge on any atom is -0.443 e. The third-order valence-corrected chi connectivity index (χ3v) is 3.00. The molecule has 0 spiro atoms. The second kappa shape index (κ2) is 5.11. The first kappa shape index (κ1) is 11.8. The van der Waals surface area contributed by atoms with E-state index in [1.54, 1.807) is 18.3 Å². The first-order valence-electron chi connectivity index (χ1n) is 5.18. The molecule has 0 fully saturated rings. The Kier molecular flexibility index (Phi) is 3.55. The molecule has 17 heavy (non-hydrogen) atoms. The topological polar surface area (TPSA) is 81.2 Å². The fraction of sp³-hybridized carbons (Fsp3) is 0.273. The van der Waals surface area contributed by atoms with Gasteiger partial charge in [-0.25, -0.2) is 4.98 Å². The van der Waals surface area contributed by atoms with Crippen LogP contribution >= 0.6 is 11.3 Å². The minimum absolute atomic E-state index is 0.203. The molecule has 1 atom stereocenters. The molecule has 3 N–H and O–H groups in total. The number of rotatable bonds is 4. The zero-order chi connectivity index (χ0) is 12.3. The van der Waals surface area contributed by atoms with E-state index in [0.717, 1.165) is 4.88 Å². The summed E-state index contributed by atoms with van der Waals surface area (Å²) in [6, 6.07) is 3.35. The third kappa shape index (κ3) is 2.92. The van der Waals surface area contributed by atoms with E-state index in [-0.39, 0.29) is 5.91 Å². The van der Waals surface area contributed by atoms with Crippen LogP contribution in [-0.2, 0) is 11.3 Å². The number of amides is 1. The van der Waals surface area contributed by atoms with E-state index in [9.17, 15) is 4.79 Å². The van der Waals surface area contributed by atoms with E-state index in [1.165, 1.54) is 6.26 Å². The molecule has 0 saturated heterocycles. The number of nitrogens with two attached hydrogens (primary N) is 1. The zero-order valence-electron chi connectivity index (χ0n) is 9.34. The summed E-state index contributed by atoms with van der Waals surface area (Å²) in [5, 5.41) is 4.63. The minimum atomic E-state index is -0.515. The van der Waals surface area contributed by atoms with Gasteiger partial charge in [-0.2, -0.15) is 0 Å². The molecule has 2 rings (SSSR count). The average molecular weight is 251 g/mol. The van der Waals surface area contributed by atoms with Crippen molar-refractivity contribution in [3.05, 3.63) is 29.5 Å². The Hall–Kier alpha value is -1.66. The fourth-order valence-corrected chi connectivity index (χ4v) is 1.90. The highest BCUT2D eigenvalue weighted by molar-refractivity contribution is 7.13. The van der Waals surface area contributed by atoms with Crippen molar-refractivity contribution in [2.45, 2.75) is 19.5 Å². The molecule has 0 bridgehead atoms. The number of nitrogens with one attached hydrogen (secondary N) is 1. The van der Waals surface area contributed by atoms with Crippen molar-refractivity contribution < 1.29 is 9.21 Å². The van der Waals surface area contributed by atoms with Gasteiger partial charge < -0.3 is 15.5 Å². The van der Waals surface area contributed by atoms with Crippen molar-refractivity contribution >= 4 is 17.2 Å². The second-order valence-corrected chi connectivity index (χ2v) is 4.58. The van der Waals surface area contributed by atoms with E-state index >= 15 is 0 Å². The van der Waals surface area contributed by atoms with Crippen LogP contribution in [0.2, 0.25) is 0 Å². The van der Waals surface area contributed by atoms with Gasteiger partial charge in [0.05, 0.1) is 23.2 Å². The SMILES string of the molecule is C[C@H](N)C(=O)NCc1coc(-c2cccs2)n1. The van der Waals surface area contributed by atoms with Crippen LogP contribution in [0, 0.1) is 0 Å². The molecule has 0 aliphatic carbocycles. The number of carbonyl (C=O) groups excluding carboxylic acids is 1. The Labute approximate surface area is 103 Å². The lowest BCUT2D eigenvalue weighted by Gasteiger charge is -2.04. The van der Waals surface area contributed by atoms with Crippen LogP contribution in [0.3, 0.4) is 0 Å². The standard InChI is InChI=1S/C11H13N3O2S/c1-7(12)10(15)13-5-8-6-16-11(14-8)9-3-2-4-17-9/h2-4,6-7H,5,12H2,1H3,(H,13,15)/t7-/m0/s1. The Morgan fingerprint density at radius 2 is 2.53 bits per heavy atom. The molecule has 0 saturated carbocycles. The molecule has 0 radical (unpaired) electrons. The first-order chi connectivity index (χ1) is 8.16. The van der Waals surface area contributed by atoms with Gasteiger partial charge in [-0.3, -0.25) is 4.79 Å². The lowest BCUT2D eigenvalue weighted by atomic mass is 10.3. The van der Waals surface area contributed by atoms with Crippen LogP contribution < -0.4 is 11.1 Å². The number of aromatic nitrogens is 1. The van der Waals surface area contributed by atoms with Crippen LogP contribution in [0.25, 0.3) is 10.8 Å². The van der Waals surface area contributed by atoms with E-state index in [0.29, 0.717) is 18.1 Å². The normalized spacial score (nSPS) is 12.4. The summed E-state index contributed by atoms with van der Waals surface area (Å²) in [7, 11) is 0. The smallest absolute Gasteiger partial charge is 0.236 e. The predicted octanol–water partition coefficient (Wildman–Crippen LogP) is 1.37. The Morgan fingerprint density at radius 3 is 3.18 bits per heavy atom. The van der Waals surface area contributed by atoms with Gasteiger partial charge in [0.2, 0.25) is 11.8 Å². The van der Waals surface area contributed by atoms with Gasteiger partial charge in [0, 0.05) is 0 Å². The highest BCUT2D eigenvalue weighted by atomic mass is 32.1. The molecule has 0 aliphatic heterocycles. The number of hydrogen-bond acceptors (Lipinski definition) is 5. The summed E-state index contributed by atoms with van der Waals surface area (Å²) in [5.74, 6) is 0.371. The average Bonchev–Trinajstić information content (AvgIpc) is 2.95. The summed E-state index contributed by atoms with van der Waals surface area (Å²) < 4.78 is 5.32. The van der Waals surface area contributed by atoms with E-state index in [2.05, 4.69) is 10.3 Å². The molecule has 6 heteroatoms. The van der Waals surface area contributed by atoms with Gasteiger partial charge in [0.1, 0.15) is 6.26 Å². The summed E-state index contributed by atoms with van der Waals surface area (Å²) in [6.07, 6.45) is 1.54. The molecular formula is C11H13N3O2S. The number of hydrogen-bond donors (Lipinski definition) is 2. The van der Waals surface area contributed by atoms with Crippen molar-refractivity contribution in [2.75, 3.05) is 0 Å². The highest BCUT2D eigenvalue weighted by Crippen LogP contribution is 2.23. The lowest BCUT2D eigenvalue weighted by molar-refractivity contribution is -0.122. The molecule has 90 valence electrons. The number of nitrogens with zero attached hydrogens (tertiary/aromatic N) is 1. The van der Waals surface area contributed by atoms with E-state index in [1.807, 2.05) is 17.5 Å². The molecule has 2 heterocycles. The summed E-state index contributed by atoms with van der Waals surface area (Å²) in [6.45, 7) is 1.96. The fourth-order valence-electron chi connectivity index (χ4n) is 1.24. The van der Waals surface area contributed by atoms with Crippen molar-refractivity contribution in [1.29, 1.82) is 0 Å². The number of carbonyl (C=O) groups is 1. The highest BCUT2D eigenvalue weighted by Gasteiger charge is 2.10. The predicted molar refractivity (Wildman–Crippen MR) is 65.3 cm³/mol. The van der Waals surface area contributed by atoms with Crippen LogP contribution in [0.15, 0.2) is 28.2 Å². The van der Waals surface area contributed by atoms with Crippen LogP contribution in [-0.4, -0.2) is 16.9 Å². The summed E-state index contributed by atoms with van der Waals surface area (Å²) in [4.78, 5) is 16.5. The molecule has 2 aromatic heterocycles. The molecule has 5 nitrogen and oxygen atoms in total. The molecule has 1 amide bonds. The Bertz CT molecular complexity index is 491. The first-order valence-corrected chi connectivity index (χ1v) is 6.06. The quantitative estimate of drug-likeness (QED) is 0.859. The Morgan fingerprint density at radius 1 is 1.71 bits per heavy atom. The zero-order valence-corrected chi connectivity index (χ0v) is 10.2. The van der Waals surface area contributed by atoms with Crippen molar-refractivity contribution in [2.24, 2.45) is 5.73 Å². The van der Waals surface area contributed by atoms with Gasteiger partial charge in [-0.15, -0.1) is 11.3 Å². The summed E-state index contributed by atoms with van der Waals surface area (Å²) >= 11 is 1.56. The van der Waals surface area contributed by atoms with E-state index in [4.69, 9.17) is 10.2 Å². The van der Waals surface area contributed by atoms with Crippen molar-refractivity contribution in [3.8, 4) is 10.8 Å².